The van der Waals surface area contributed by atoms with E-state index in [4.69, 9.17) is 4.99 Å². The smallest absolute Gasteiger partial charge is 0.194 e. The van der Waals surface area contributed by atoms with E-state index in [0.717, 1.165) is 76.3 Å². The first-order valence-electron chi connectivity index (χ1n) is 10.5. The van der Waals surface area contributed by atoms with Crippen LogP contribution in [0.5, 0.6) is 0 Å². The number of piperazine rings is 1. The van der Waals surface area contributed by atoms with E-state index < -0.39 is 0 Å². The van der Waals surface area contributed by atoms with Gasteiger partial charge in [-0.15, -0.1) is 10.2 Å². The number of nitrogens with zero attached hydrogens (tertiary/aromatic N) is 6. The first-order valence-corrected chi connectivity index (χ1v) is 10.5. The Hall–Kier alpha value is -2.57. The third-order valence-corrected chi connectivity index (χ3v) is 5.76. The van der Waals surface area contributed by atoms with Crippen LogP contribution in [0.1, 0.15) is 25.0 Å². The Bertz CT molecular complexity index is 790. The van der Waals surface area contributed by atoms with Crippen molar-refractivity contribution in [1.82, 2.24) is 25.0 Å². The number of rotatable bonds is 4. The molecule has 4 rings (SSSR count). The van der Waals surface area contributed by atoms with Crippen LogP contribution in [-0.4, -0.2) is 64.9 Å². The Balaban J connectivity index is 1.36. The zero-order chi connectivity index (χ0) is 19.3. The fraction of sp³-hybridized carbons (Fsp3) is 0.571. The van der Waals surface area contributed by atoms with Crippen molar-refractivity contribution in [1.29, 1.82) is 0 Å². The summed E-state index contributed by atoms with van der Waals surface area (Å²) in [5.41, 5.74) is 1.31. The van der Waals surface area contributed by atoms with E-state index in [1.54, 1.807) is 0 Å². The van der Waals surface area contributed by atoms with Gasteiger partial charge in [0.05, 0.1) is 0 Å². The molecule has 0 bridgehead atoms. The number of nitrogens with one attached hydrogen (secondary N) is 1. The molecule has 1 aromatic heterocycles. The summed E-state index contributed by atoms with van der Waals surface area (Å²) >= 11 is 0. The molecule has 1 atom stereocenters. The van der Waals surface area contributed by atoms with Gasteiger partial charge >= 0.3 is 0 Å². The van der Waals surface area contributed by atoms with E-state index >= 15 is 0 Å². The maximum absolute atomic E-state index is 5.00. The first-order chi connectivity index (χ1) is 13.7. The Morgan fingerprint density at radius 3 is 2.68 bits per heavy atom. The maximum atomic E-state index is 5.00. The Labute approximate surface area is 167 Å². The number of anilines is 1. The Morgan fingerprint density at radius 2 is 1.93 bits per heavy atom. The monoisotopic (exact) mass is 381 g/mol. The van der Waals surface area contributed by atoms with Crippen LogP contribution in [0.25, 0.3) is 0 Å². The highest BCUT2D eigenvalue weighted by Crippen LogP contribution is 2.20. The van der Waals surface area contributed by atoms with Crippen LogP contribution in [0.2, 0.25) is 0 Å². The van der Waals surface area contributed by atoms with Crippen molar-refractivity contribution in [3.05, 3.63) is 42.0 Å². The normalized spacial score (nSPS) is 20.2. The average molecular weight is 382 g/mol. The lowest BCUT2D eigenvalue weighted by Gasteiger charge is -2.38. The summed E-state index contributed by atoms with van der Waals surface area (Å²) in [7, 11) is 0. The molecule has 0 spiro atoms. The predicted octanol–water partition coefficient (Wildman–Crippen LogP) is 1.94. The lowest BCUT2D eigenvalue weighted by molar-refractivity contribution is 0.354. The molecule has 2 aliphatic heterocycles. The van der Waals surface area contributed by atoms with Crippen molar-refractivity contribution in [2.45, 2.75) is 33.2 Å². The van der Waals surface area contributed by atoms with Gasteiger partial charge in [-0.25, -0.2) is 0 Å². The highest BCUT2D eigenvalue weighted by atomic mass is 15.3. The van der Waals surface area contributed by atoms with Gasteiger partial charge in [0.25, 0.3) is 0 Å². The first kappa shape index (κ1) is 18.8. The highest BCUT2D eigenvalue weighted by Gasteiger charge is 2.23. The third kappa shape index (κ3) is 4.13. The van der Waals surface area contributed by atoms with Crippen LogP contribution in [0.4, 0.5) is 5.69 Å². The second-order valence-electron chi connectivity index (χ2n) is 7.68. The molecule has 1 fully saturated rings. The molecular formula is C21H31N7. The van der Waals surface area contributed by atoms with Gasteiger partial charge < -0.3 is 19.7 Å². The summed E-state index contributed by atoms with van der Waals surface area (Å²) in [4.78, 5) is 9.86. The molecule has 0 aliphatic carbocycles. The number of aryl methyl sites for hydroxylation is 2. The van der Waals surface area contributed by atoms with Crippen molar-refractivity contribution in [3.8, 4) is 0 Å². The van der Waals surface area contributed by atoms with E-state index in [1.807, 2.05) is 6.92 Å². The molecule has 7 heteroatoms. The molecule has 0 radical (unpaired) electrons. The predicted molar refractivity (Wildman–Crippen MR) is 113 cm³/mol. The van der Waals surface area contributed by atoms with Gasteiger partial charge in [-0.1, -0.05) is 18.2 Å². The lowest BCUT2D eigenvalue weighted by atomic mass is 9.99. The number of aliphatic imine (C=N–C) groups is 1. The second-order valence-corrected chi connectivity index (χ2v) is 7.68. The van der Waals surface area contributed by atoms with Gasteiger partial charge in [0.15, 0.2) is 5.96 Å². The number of hydrogen-bond acceptors (Lipinski definition) is 4. The molecule has 2 aromatic rings. The Kier molecular flexibility index (Phi) is 5.78. The molecule has 3 heterocycles. The molecule has 28 heavy (non-hydrogen) atoms. The zero-order valence-corrected chi connectivity index (χ0v) is 17.0. The Morgan fingerprint density at radius 1 is 1.14 bits per heavy atom. The molecule has 150 valence electrons. The minimum atomic E-state index is 0.557. The van der Waals surface area contributed by atoms with Crippen LogP contribution in [0.15, 0.2) is 35.3 Å². The van der Waals surface area contributed by atoms with Crippen molar-refractivity contribution < 1.29 is 0 Å². The summed E-state index contributed by atoms with van der Waals surface area (Å²) in [5.74, 6) is 3.76. The SMILES string of the molecule is CCNC(=NCC1CCc2nnc(C)n2C1)N1CCN(c2ccccc2)CC1. The summed E-state index contributed by atoms with van der Waals surface area (Å²) in [6, 6.07) is 10.7. The average Bonchev–Trinajstić information content (AvgIpc) is 3.12. The van der Waals surface area contributed by atoms with Crippen molar-refractivity contribution in [3.63, 3.8) is 0 Å². The van der Waals surface area contributed by atoms with Gasteiger partial charge in [0.1, 0.15) is 11.6 Å². The van der Waals surface area contributed by atoms with E-state index in [0.29, 0.717) is 5.92 Å². The number of hydrogen-bond donors (Lipinski definition) is 1. The quantitative estimate of drug-likeness (QED) is 0.648. The van der Waals surface area contributed by atoms with Gasteiger partial charge in [0.2, 0.25) is 0 Å². The molecule has 7 nitrogen and oxygen atoms in total. The van der Waals surface area contributed by atoms with Gasteiger partial charge in [0, 0.05) is 57.9 Å². The van der Waals surface area contributed by atoms with Crippen LogP contribution < -0.4 is 10.2 Å². The summed E-state index contributed by atoms with van der Waals surface area (Å²) < 4.78 is 2.26. The van der Waals surface area contributed by atoms with E-state index in [-0.39, 0.29) is 0 Å². The number of benzene rings is 1. The van der Waals surface area contributed by atoms with E-state index in [2.05, 4.69) is 67.1 Å². The second kappa shape index (κ2) is 8.63. The fourth-order valence-electron chi connectivity index (χ4n) is 4.14. The van der Waals surface area contributed by atoms with Crippen LogP contribution in [0.3, 0.4) is 0 Å². The molecule has 0 amide bonds. The zero-order valence-electron chi connectivity index (χ0n) is 17.0. The maximum Gasteiger partial charge on any atom is 0.194 e. The van der Waals surface area contributed by atoms with E-state index in [9.17, 15) is 0 Å². The minimum Gasteiger partial charge on any atom is -0.368 e. The van der Waals surface area contributed by atoms with Gasteiger partial charge in [-0.2, -0.15) is 0 Å². The number of aromatic nitrogens is 3. The lowest BCUT2D eigenvalue weighted by Crippen LogP contribution is -2.52. The fourth-order valence-corrected chi connectivity index (χ4v) is 4.14. The van der Waals surface area contributed by atoms with Gasteiger partial charge in [-0.3, -0.25) is 4.99 Å². The van der Waals surface area contributed by atoms with Crippen molar-refractivity contribution >= 4 is 11.6 Å². The van der Waals surface area contributed by atoms with Crippen LogP contribution >= 0.6 is 0 Å². The molecular weight excluding hydrogens is 350 g/mol. The third-order valence-electron chi connectivity index (χ3n) is 5.76. The van der Waals surface area contributed by atoms with Crippen molar-refractivity contribution in [2.24, 2.45) is 10.9 Å². The summed E-state index contributed by atoms with van der Waals surface area (Å²) in [6.07, 6.45) is 2.15. The molecule has 1 N–H and O–H groups in total. The standard InChI is InChI=1S/C21H31N7/c1-3-22-21(23-15-18-9-10-20-25-24-17(2)28(20)16-18)27-13-11-26(12-14-27)19-7-5-4-6-8-19/h4-8,18H,3,9-16H2,1-2H3,(H,22,23). The molecule has 0 saturated carbocycles. The van der Waals surface area contributed by atoms with Crippen LogP contribution in [-0.2, 0) is 13.0 Å². The van der Waals surface area contributed by atoms with Crippen LogP contribution in [0, 0.1) is 12.8 Å². The minimum absolute atomic E-state index is 0.557. The topological polar surface area (TPSA) is 61.6 Å². The van der Waals surface area contributed by atoms with Crippen molar-refractivity contribution in [2.75, 3.05) is 44.2 Å². The molecule has 1 aromatic carbocycles. The summed E-state index contributed by atoms with van der Waals surface area (Å²) in [6.45, 7) is 11.0. The summed E-state index contributed by atoms with van der Waals surface area (Å²) in [5, 5.41) is 12.0. The number of guanidine groups is 1. The highest BCUT2D eigenvalue weighted by molar-refractivity contribution is 5.80. The number of para-hydroxylation sites is 1. The molecule has 2 aliphatic rings. The van der Waals surface area contributed by atoms with Gasteiger partial charge in [-0.05, 0) is 38.3 Å². The van der Waals surface area contributed by atoms with E-state index in [1.165, 1.54) is 5.69 Å². The number of fused-ring (bicyclic) bond motifs is 1. The molecule has 1 unspecified atom stereocenters. The molecule has 1 saturated heterocycles. The largest absolute Gasteiger partial charge is 0.368 e.